The van der Waals surface area contributed by atoms with Gasteiger partial charge in [-0.1, -0.05) is 32.0 Å². The molecular formula is C16H19N3O4. The number of carbonyl (C=O) groups excluding carboxylic acids is 3. The van der Waals surface area contributed by atoms with Crippen LogP contribution in [-0.4, -0.2) is 35.4 Å². The molecule has 7 nitrogen and oxygen atoms in total. The molecule has 0 aliphatic carbocycles. The molecule has 0 bridgehead atoms. The van der Waals surface area contributed by atoms with E-state index in [0.29, 0.717) is 5.56 Å². The number of ketones is 1. The molecule has 2 rings (SSSR count). The number of H-pyrrole nitrogens is 1. The van der Waals surface area contributed by atoms with E-state index in [-0.39, 0.29) is 11.7 Å². The number of rotatable bonds is 6. The second-order valence-corrected chi connectivity index (χ2v) is 5.51. The molecule has 0 aliphatic heterocycles. The van der Waals surface area contributed by atoms with Crippen molar-refractivity contribution in [3.63, 3.8) is 0 Å². The van der Waals surface area contributed by atoms with E-state index < -0.39 is 24.6 Å². The lowest BCUT2D eigenvalue weighted by molar-refractivity contribution is -0.145. The van der Waals surface area contributed by atoms with Crippen LogP contribution in [0.15, 0.2) is 30.5 Å². The van der Waals surface area contributed by atoms with Gasteiger partial charge in [0.25, 0.3) is 0 Å². The molecule has 2 aromatic rings. The van der Waals surface area contributed by atoms with Gasteiger partial charge < -0.3 is 20.8 Å². The molecule has 23 heavy (non-hydrogen) atoms. The number of amides is 2. The smallest absolute Gasteiger partial charge is 0.329 e. The van der Waals surface area contributed by atoms with Crippen molar-refractivity contribution in [3.05, 3.63) is 36.0 Å². The molecule has 4 N–H and O–H groups in total. The minimum atomic E-state index is -0.886. The Balaban J connectivity index is 2.03. The first kappa shape index (κ1) is 16.5. The van der Waals surface area contributed by atoms with Crippen LogP contribution in [-0.2, 0) is 9.53 Å². The van der Waals surface area contributed by atoms with E-state index >= 15 is 0 Å². The molecule has 122 valence electrons. The van der Waals surface area contributed by atoms with Crippen LogP contribution >= 0.6 is 0 Å². The molecule has 1 aromatic heterocycles. The summed E-state index contributed by atoms with van der Waals surface area (Å²) in [5, 5.41) is 3.08. The Morgan fingerprint density at radius 3 is 2.61 bits per heavy atom. The molecule has 0 spiro atoms. The second kappa shape index (κ2) is 6.95. The minimum Gasteiger partial charge on any atom is -0.456 e. The highest BCUT2D eigenvalue weighted by atomic mass is 16.5. The molecule has 0 radical (unpaired) electrons. The van der Waals surface area contributed by atoms with E-state index in [1.165, 1.54) is 0 Å². The van der Waals surface area contributed by atoms with Gasteiger partial charge in [0.05, 0.1) is 0 Å². The second-order valence-electron chi connectivity index (χ2n) is 5.51. The minimum absolute atomic E-state index is 0.210. The predicted octanol–water partition coefficient (Wildman–Crippen LogP) is 1.59. The van der Waals surface area contributed by atoms with Crippen LogP contribution in [0.25, 0.3) is 10.9 Å². The highest BCUT2D eigenvalue weighted by Gasteiger charge is 2.26. The van der Waals surface area contributed by atoms with Crippen LogP contribution < -0.4 is 11.1 Å². The summed E-state index contributed by atoms with van der Waals surface area (Å²) in [6, 6.07) is 5.64. The molecule has 1 aromatic carbocycles. The topological polar surface area (TPSA) is 114 Å². The lowest BCUT2D eigenvalue weighted by atomic mass is 10.1. The number of Topliss-reactive ketones (excluding diaryl/α,β-unsaturated/α-hetero) is 1. The van der Waals surface area contributed by atoms with Crippen molar-refractivity contribution in [2.75, 3.05) is 6.61 Å². The number of nitrogens with two attached hydrogens (primary N) is 1. The fraction of sp³-hybridized carbons (Fsp3) is 0.312. The van der Waals surface area contributed by atoms with Gasteiger partial charge in [0.1, 0.15) is 6.04 Å². The zero-order chi connectivity index (χ0) is 17.0. The number of para-hydroxylation sites is 1. The Bertz CT molecular complexity index is 736. The van der Waals surface area contributed by atoms with Crippen LogP contribution in [0.3, 0.4) is 0 Å². The summed E-state index contributed by atoms with van der Waals surface area (Å²) in [6.07, 6.45) is 1.59. The van der Waals surface area contributed by atoms with Gasteiger partial charge in [-0.2, -0.15) is 0 Å². The molecule has 1 atom stereocenters. The lowest BCUT2D eigenvalue weighted by Crippen LogP contribution is -2.47. The average molecular weight is 317 g/mol. The zero-order valence-electron chi connectivity index (χ0n) is 13.0. The highest BCUT2D eigenvalue weighted by Crippen LogP contribution is 2.18. The maximum absolute atomic E-state index is 12.2. The van der Waals surface area contributed by atoms with Gasteiger partial charge in [0.15, 0.2) is 6.61 Å². The molecule has 0 saturated carbocycles. The number of benzene rings is 1. The predicted molar refractivity (Wildman–Crippen MR) is 84.9 cm³/mol. The number of ether oxygens (including phenoxy) is 1. The normalized spacial score (nSPS) is 12.1. The Morgan fingerprint density at radius 1 is 1.26 bits per heavy atom. The summed E-state index contributed by atoms with van der Waals surface area (Å²) in [7, 11) is 0. The average Bonchev–Trinajstić information content (AvgIpc) is 2.93. The van der Waals surface area contributed by atoms with E-state index in [9.17, 15) is 14.4 Å². The summed E-state index contributed by atoms with van der Waals surface area (Å²) in [5.41, 5.74) is 6.32. The van der Waals surface area contributed by atoms with Crippen molar-refractivity contribution in [1.29, 1.82) is 0 Å². The number of nitrogens with one attached hydrogen (secondary N) is 2. The number of carbonyl (C=O) groups is 3. The summed E-state index contributed by atoms with van der Waals surface area (Å²) >= 11 is 0. The third kappa shape index (κ3) is 3.88. The van der Waals surface area contributed by atoms with Crippen LogP contribution in [0.2, 0.25) is 0 Å². The van der Waals surface area contributed by atoms with Gasteiger partial charge in [-0.3, -0.25) is 4.79 Å². The Labute approximate surface area is 133 Å². The van der Waals surface area contributed by atoms with Gasteiger partial charge in [-0.15, -0.1) is 0 Å². The van der Waals surface area contributed by atoms with E-state index in [4.69, 9.17) is 10.5 Å². The number of fused-ring (bicyclic) bond motifs is 1. The third-order valence-corrected chi connectivity index (χ3v) is 3.45. The fourth-order valence-electron chi connectivity index (χ4n) is 2.26. The van der Waals surface area contributed by atoms with E-state index in [0.717, 1.165) is 10.9 Å². The Kier molecular flexibility index (Phi) is 5.00. The number of esters is 1. The highest BCUT2D eigenvalue weighted by molar-refractivity contribution is 6.08. The SMILES string of the molecule is CC(C)[C@H](NC(N)=O)C(=O)OCC(=O)c1c[nH]c2ccccc12. The molecule has 0 aliphatic rings. The maximum Gasteiger partial charge on any atom is 0.329 e. The standard InChI is InChI=1S/C16H19N3O4/c1-9(2)14(19-16(17)22)15(21)23-8-13(20)11-7-18-12-6-4-3-5-10(11)12/h3-7,9,14,18H,8H2,1-2H3,(H3,17,19,22)/t14-/m0/s1. The molecule has 0 saturated heterocycles. The number of hydrogen-bond donors (Lipinski definition) is 3. The van der Waals surface area contributed by atoms with Crippen LogP contribution in [0.4, 0.5) is 4.79 Å². The number of aromatic amines is 1. The van der Waals surface area contributed by atoms with Crippen LogP contribution in [0.1, 0.15) is 24.2 Å². The van der Waals surface area contributed by atoms with Crippen molar-refractivity contribution in [3.8, 4) is 0 Å². The first-order chi connectivity index (χ1) is 10.9. The van der Waals surface area contributed by atoms with Gasteiger partial charge in [0, 0.05) is 22.7 Å². The van der Waals surface area contributed by atoms with Gasteiger partial charge in [0.2, 0.25) is 5.78 Å². The van der Waals surface area contributed by atoms with Gasteiger partial charge >= 0.3 is 12.0 Å². The largest absolute Gasteiger partial charge is 0.456 e. The number of urea groups is 1. The number of hydrogen-bond acceptors (Lipinski definition) is 4. The molecule has 0 fully saturated rings. The van der Waals surface area contributed by atoms with Crippen molar-refractivity contribution in [2.45, 2.75) is 19.9 Å². The quantitative estimate of drug-likeness (QED) is 0.554. The summed E-state index contributed by atoms with van der Waals surface area (Å²) in [5.74, 6) is -1.22. The Hall–Kier alpha value is -2.83. The van der Waals surface area contributed by atoms with Gasteiger partial charge in [-0.25, -0.2) is 9.59 Å². The third-order valence-electron chi connectivity index (χ3n) is 3.45. The lowest BCUT2D eigenvalue weighted by Gasteiger charge is -2.19. The maximum atomic E-state index is 12.2. The fourth-order valence-corrected chi connectivity index (χ4v) is 2.26. The first-order valence-corrected chi connectivity index (χ1v) is 7.22. The van der Waals surface area contributed by atoms with Crippen LogP contribution in [0.5, 0.6) is 0 Å². The summed E-state index contributed by atoms with van der Waals surface area (Å²) in [6.45, 7) is 3.08. The molecule has 7 heteroatoms. The van der Waals surface area contributed by atoms with Crippen molar-refractivity contribution < 1.29 is 19.1 Å². The molecule has 0 unspecified atom stereocenters. The van der Waals surface area contributed by atoms with Crippen LogP contribution in [0, 0.1) is 5.92 Å². The molecule has 1 heterocycles. The first-order valence-electron chi connectivity index (χ1n) is 7.22. The van der Waals surface area contributed by atoms with Crippen molar-refractivity contribution in [1.82, 2.24) is 10.3 Å². The van der Waals surface area contributed by atoms with E-state index in [1.54, 1.807) is 20.0 Å². The summed E-state index contributed by atoms with van der Waals surface area (Å²) in [4.78, 5) is 38.1. The van der Waals surface area contributed by atoms with Crippen molar-refractivity contribution in [2.24, 2.45) is 11.7 Å². The van der Waals surface area contributed by atoms with E-state index in [1.807, 2.05) is 24.3 Å². The summed E-state index contributed by atoms with van der Waals surface area (Å²) < 4.78 is 5.03. The number of aromatic nitrogens is 1. The monoisotopic (exact) mass is 317 g/mol. The van der Waals surface area contributed by atoms with Gasteiger partial charge in [-0.05, 0) is 12.0 Å². The Morgan fingerprint density at radius 2 is 1.96 bits per heavy atom. The zero-order valence-corrected chi connectivity index (χ0v) is 13.0. The number of primary amides is 1. The molecular weight excluding hydrogens is 298 g/mol. The molecule has 2 amide bonds. The van der Waals surface area contributed by atoms with Crippen molar-refractivity contribution >= 4 is 28.7 Å². The van der Waals surface area contributed by atoms with E-state index in [2.05, 4.69) is 10.3 Å².